The van der Waals surface area contributed by atoms with Crippen LogP contribution in [0.25, 0.3) is 0 Å². The van der Waals surface area contributed by atoms with E-state index in [1.165, 1.54) is 20.7 Å². The molecular weight excluding hydrogens is 673 g/mol. The molecule has 0 aliphatic carbocycles. The van der Waals surface area contributed by atoms with Crippen LogP contribution in [0, 0.1) is 11.8 Å². The van der Waals surface area contributed by atoms with Crippen LogP contribution in [0.15, 0.2) is 134 Å². The van der Waals surface area contributed by atoms with Gasteiger partial charge in [0.1, 0.15) is 6.61 Å². The molecule has 4 aromatic carbocycles. The van der Waals surface area contributed by atoms with Crippen LogP contribution in [0.4, 0.5) is 0 Å². The predicted octanol–water partition coefficient (Wildman–Crippen LogP) is 8.39. The maximum Gasteiger partial charge on any atom is 0.261 e. The normalized spacial score (nSPS) is 17.5. The van der Waals surface area contributed by atoms with Crippen molar-refractivity contribution < 1.29 is 18.3 Å². The lowest BCUT2D eigenvalue weighted by molar-refractivity contribution is -0.177. The summed E-state index contributed by atoms with van der Waals surface area (Å²) in [6.07, 6.45) is 5.87. The first-order chi connectivity index (χ1) is 25.0. The smallest absolute Gasteiger partial charge is 0.261 e. The summed E-state index contributed by atoms with van der Waals surface area (Å²) in [4.78, 5) is 0. The van der Waals surface area contributed by atoms with E-state index in [0.717, 1.165) is 32.1 Å². The van der Waals surface area contributed by atoms with Crippen molar-refractivity contribution in [2.45, 2.75) is 102 Å². The van der Waals surface area contributed by atoms with Crippen LogP contribution in [0.3, 0.4) is 0 Å². The Kier molecular flexibility index (Phi) is 13.7. The third kappa shape index (κ3) is 9.14. The highest BCUT2D eigenvalue weighted by Crippen LogP contribution is 2.39. The molecule has 0 saturated carbocycles. The van der Waals surface area contributed by atoms with E-state index in [-0.39, 0.29) is 28.6 Å². The summed E-state index contributed by atoms with van der Waals surface area (Å²) in [5.74, 6) is 6.55. The quantitative estimate of drug-likeness (QED) is 0.0566. The molecule has 4 aromatic rings. The van der Waals surface area contributed by atoms with Crippen LogP contribution in [-0.4, -0.2) is 48.3 Å². The van der Waals surface area contributed by atoms with Crippen molar-refractivity contribution >= 4 is 37.4 Å². The van der Waals surface area contributed by atoms with Crippen LogP contribution >= 0.6 is 0 Å². The van der Waals surface area contributed by atoms with E-state index in [1.54, 1.807) is 0 Å². The Morgan fingerprint density at radius 3 is 1.56 bits per heavy atom. The van der Waals surface area contributed by atoms with Gasteiger partial charge in [0.15, 0.2) is 6.29 Å². The van der Waals surface area contributed by atoms with Gasteiger partial charge in [0.25, 0.3) is 16.6 Å². The van der Waals surface area contributed by atoms with Gasteiger partial charge in [-0.2, -0.15) is 0 Å². The molecule has 4 nitrogen and oxygen atoms in total. The molecule has 0 bridgehead atoms. The Morgan fingerprint density at radius 1 is 0.692 bits per heavy atom. The molecule has 0 aromatic heterocycles. The first-order valence-corrected chi connectivity index (χ1v) is 22.7. The second kappa shape index (κ2) is 18.0. The van der Waals surface area contributed by atoms with E-state index in [4.69, 9.17) is 18.3 Å². The Bertz CT molecular complexity index is 1630. The lowest BCUT2D eigenvalue weighted by Gasteiger charge is -2.46. The van der Waals surface area contributed by atoms with Crippen molar-refractivity contribution in [3.63, 3.8) is 0 Å². The second-order valence-electron chi connectivity index (χ2n) is 15.9. The predicted molar refractivity (Wildman–Crippen MR) is 222 cm³/mol. The van der Waals surface area contributed by atoms with Gasteiger partial charge in [0.05, 0.1) is 18.8 Å². The van der Waals surface area contributed by atoms with E-state index in [9.17, 15) is 0 Å². The van der Waals surface area contributed by atoms with Gasteiger partial charge < -0.3 is 18.3 Å². The highest BCUT2D eigenvalue weighted by Gasteiger charge is 2.52. The molecule has 0 N–H and O–H groups in total. The Morgan fingerprint density at radius 2 is 1.15 bits per heavy atom. The minimum atomic E-state index is -2.64. The van der Waals surface area contributed by atoms with Gasteiger partial charge in [-0.05, 0) is 50.1 Å². The van der Waals surface area contributed by atoms with Crippen LogP contribution < -0.4 is 20.7 Å². The molecule has 1 heterocycles. The molecule has 3 atom stereocenters. The molecule has 274 valence electrons. The number of unbranched alkanes of at least 4 members (excludes halogenated alkanes) is 1. The second-order valence-corrected chi connectivity index (χ2v) is 24.4. The molecule has 52 heavy (non-hydrogen) atoms. The number of hydrogen-bond donors (Lipinski definition) is 0. The monoisotopic (exact) mass is 730 g/mol. The van der Waals surface area contributed by atoms with Gasteiger partial charge in [-0.3, -0.25) is 0 Å². The zero-order chi connectivity index (χ0) is 37.1. The largest absolute Gasteiger partial charge is 0.402 e. The van der Waals surface area contributed by atoms with Crippen molar-refractivity contribution in [1.29, 1.82) is 0 Å². The first kappa shape index (κ1) is 39.7. The minimum absolute atomic E-state index is 0.00104. The number of hydrogen-bond acceptors (Lipinski definition) is 4. The maximum absolute atomic E-state index is 7.28. The lowest BCUT2D eigenvalue weighted by atomic mass is 10.1. The van der Waals surface area contributed by atoms with Crippen molar-refractivity contribution in [3.05, 3.63) is 134 Å². The van der Waals surface area contributed by atoms with Crippen LogP contribution in [-0.2, 0) is 18.3 Å². The molecule has 0 spiro atoms. The van der Waals surface area contributed by atoms with E-state index < -0.39 is 16.6 Å². The summed E-state index contributed by atoms with van der Waals surface area (Å²) in [5.41, 5.74) is 0. The first-order valence-electron chi connectivity index (χ1n) is 18.9. The van der Waals surface area contributed by atoms with Gasteiger partial charge >= 0.3 is 0 Å². The Hall–Kier alpha value is -3.55. The number of rotatable bonds is 14. The Labute approximate surface area is 315 Å². The summed E-state index contributed by atoms with van der Waals surface area (Å²) in [6.45, 7) is 18.9. The average Bonchev–Trinajstić information content (AvgIpc) is 3.15. The van der Waals surface area contributed by atoms with Crippen molar-refractivity contribution in [3.8, 4) is 11.8 Å². The highest BCUT2D eigenvalue weighted by molar-refractivity contribution is 7.00. The van der Waals surface area contributed by atoms with E-state index in [1.807, 2.05) is 6.08 Å². The Balaban J connectivity index is 1.13. The van der Waals surface area contributed by atoms with Crippen molar-refractivity contribution in [2.24, 2.45) is 0 Å². The van der Waals surface area contributed by atoms with Crippen molar-refractivity contribution in [2.75, 3.05) is 13.2 Å². The standard InChI is InChI=1S/C46H58O4Si2/c1-8-38(49-51(45(2,3)4,40-26-16-11-17-27-40)41-28-18-12-19-29-41)25-15-9-10-24-36-47-44-35-34-39(37-48-44)50-52(46(5,6)7,42-30-20-13-21-31-42)43-32-22-14-23-33-43/h8,11-14,16-23,26-33,38-39,44H,1,9,15,25,34-37H2,2-7H3. The topological polar surface area (TPSA) is 36.9 Å². The fourth-order valence-electron chi connectivity index (χ4n) is 7.68. The van der Waals surface area contributed by atoms with Crippen LogP contribution in [0.5, 0.6) is 0 Å². The van der Waals surface area contributed by atoms with E-state index in [0.29, 0.717) is 13.2 Å². The molecule has 0 amide bonds. The molecule has 1 saturated heterocycles. The average molecular weight is 731 g/mol. The highest BCUT2D eigenvalue weighted by atomic mass is 28.4. The summed E-state index contributed by atoms with van der Waals surface area (Å²) in [6, 6.07) is 43.2. The van der Waals surface area contributed by atoms with E-state index in [2.05, 4.69) is 181 Å². The summed E-state index contributed by atoms with van der Waals surface area (Å²) < 4.78 is 26.8. The SMILES string of the molecule is C=CC(CCCC#CCOC1CCC(O[Si](c2ccccc2)(c2ccccc2)C(C)(C)C)CO1)O[Si](c1ccccc1)(c1ccccc1)C(C)(C)C. The number of benzene rings is 4. The van der Waals surface area contributed by atoms with Gasteiger partial charge in [0, 0.05) is 12.8 Å². The van der Waals surface area contributed by atoms with Crippen molar-refractivity contribution in [1.82, 2.24) is 0 Å². The fraction of sp³-hybridized carbons (Fsp3) is 0.391. The zero-order valence-corrected chi connectivity index (χ0v) is 34.1. The molecular formula is C46H58O4Si2. The molecule has 3 unspecified atom stereocenters. The molecule has 0 radical (unpaired) electrons. The maximum atomic E-state index is 7.28. The van der Waals surface area contributed by atoms with Crippen LogP contribution in [0.1, 0.15) is 73.6 Å². The van der Waals surface area contributed by atoms with Crippen LogP contribution in [0.2, 0.25) is 10.1 Å². The minimum Gasteiger partial charge on any atom is -0.402 e. The van der Waals surface area contributed by atoms with Gasteiger partial charge in [-0.25, -0.2) is 0 Å². The third-order valence-corrected chi connectivity index (χ3v) is 20.4. The summed E-state index contributed by atoms with van der Waals surface area (Å²) in [7, 11) is -5.27. The summed E-state index contributed by atoms with van der Waals surface area (Å²) >= 11 is 0. The zero-order valence-electron chi connectivity index (χ0n) is 32.1. The molecule has 1 fully saturated rings. The molecule has 1 aliphatic heterocycles. The van der Waals surface area contributed by atoms with Gasteiger partial charge in [-0.1, -0.05) is 175 Å². The molecule has 1 aliphatic rings. The molecule has 5 rings (SSSR count). The molecule has 6 heteroatoms. The summed E-state index contributed by atoms with van der Waals surface area (Å²) in [5, 5.41) is 4.99. The third-order valence-electron chi connectivity index (χ3n) is 10.2. The lowest BCUT2D eigenvalue weighted by Crippen LogP contribution is -2.68. The van der Waals surface area contributed by atoms with E-state index >= 15 is 0 Å². The number of ether oxygens (including phenoxy) is 2. The van der Waals surface area contributed by atoms with Gasteiger partial charge in [0.2, 0.25) is 0 Å². The van der Waals surface area contributed by atoms with Gasteiger partial charge in [-0.15, -0.1) is 12.5 Å². The fourth-order valence-corrected chi connectivity index (χ4v) is 17.1.